The van der Waals surface area contributed by atoms with Crippen LogP contribution in [0.1, 0.15) is 37.8 Å². The number of imidazole rings is 1. The van der Waals surface area contributed by atoms with Gasteiger partial charge < -0.3 is 48.6 Å². The van der Waals surface area contributed by atoms with Crippen molar-refractivity contribution in [1.82, 2.24) is 25.5 Å². The highest BCUT2D eigenvalue weighted by atomic mass is 16.4. The molecule has 2 rings (SSSR count). The maximum Gasteiger partial charge on any atom is 0.326 e. The number of rotatable bonds is 14. The highest BCUT2D eigenvalue weighted by Gasteiger charge is 2.38. The molecule has 2 heterocycles. The molecule has 12 N–H and O–H groups in total. The third kappa shape index (κ3) is 9.06. The third-order valence-corrected chi connectivity index (χ3v) is 5.75. The molecule has 1 saturated heterocycles. The lowest BCUT2D eigenvalue weighted by atomic mass is 10.1. The Morgan fingerprint density at radius 1 is 1.16 bits per heavy atom. The van der Waals surface area contributed by atoms with Crippen LogP contribution in [0.2, 0.25) is 0 Å². The van der Waals surface area contributed by atoms with Gasteiger partial charge in [0.1, 0.15) is 18.1 Å². The van der Waals surface area contributed by atoms with Gasteiger partial charge in [0.2, 0.25) is 23.6 Å². The molecule has 0 spiro atoms. The first-order valence-corrected chi connectivity index (χ1v) is 11.7. The number of primary amides is 1. The Balaban J connectivity index is 2.15. The topological polar surface area (TPSA) is 278 Å². The quantitative estimate of drug-likeness (QED) is 0.0671. The van der Waals surface area contributed by atoms with Gasteiger partial charge in [0.15, 0.2) is 5.96 Å². The summed E-state index contributed by atoms with van der Waals surface area (Å²) >= 11 is 0. The minimum absolute atomic E-state index is 0.0702. The predicted molar refractivity (Wildman–Crippen MR) is 130 cm³/mol. The zero-order valence-electron chi connectivity index (χ0n) is 20.3. The Hall–Kier alpha value is -4.21. The van der Waals surface area contributed by atoms with E-state index in [1.165, 1.54) is 17.4 Å². The number of amides is 4. The molecule has 0 saturated carbocycles. The minimum atomic E-state index is -1.42. The molecule has 4 atom stereocenters. The number of carbonyl (C=O) groups excluding carboxylic acids is 4. The summed E-state index contributed by atoms with van der Waals surface area (Å²) in [5.41, 5.74) is 22.4. The number of aliphatic carboxylic acids is 1. The lowest BCUT2D eigenvalue weighted by Crippen LogP contribution is -2.58. The van der Waals surface area contributed by atoms with Crippen molar-refractivity contribution in [1.29, 1.82) is 0 Å². The molecule has 0 aliphatic carbocycles. The lowest BCUT2D eigenvalue weighted by molar-refractivity contribution is -0.149. The predicted octanol–water partition coefficient (Wildman–Crippen LogP) is -3.75. The Morgan fingerprint density at radius 2 is 1.86 bits per heavy atom. The Labute approximate surface area is 212 Å². The number of aliphatic imine (C=N–C) groups is 1. The molecule has 0 radical (unpaired) electrons. The van der Waals surface area contributed by atoms with Gasteiger partial charge in [-0.25, -0.2) is 9.78 Å². The van der Waals surface area contributed by atoms with E-state index in [9.17, 15) is 29.1 Å². The van der Waals surface area contributed by atoms with E-state index in [2.05, 4.69) is 25.6 Å². The maximum atomic E-state index is 13.2. The van der Waals surface area contributed by atoms with Crippen LogP contribution in [0.5, 0.6) is 0 Å². The van der Waals surface area contributed by atoms with Crippen LogP contribution in [0, 0.1) is 0 Å². The van der Waals surface area contributed by atoms with Gasteiger partial charge >= 0.3 is 5.97 Å². The molecule has 37 heavy (non-hydrogen) atoms. The van der Waals surface area contributed by atoms with E-state index in [-0.39, 0.29) is 44.7 Å². The number of hydrogen-bond donors (Lipinski definition) is 8. The Bertz CT molecular complexity index is 994. The summed E-state index contributed by atoms with van der Waals surface area (Å²) in [5, 5.41) is 14.4. The van der Waals surface area contributed by atoms with E-state index in [1.807, 2.05) is 0 Å². The van der Waals surface area contributed by atoms with Crippen LogP contribution in [0.4, 0.5) is 0 Å². The van der Waals surface area contributed by atoms with E-state index in [0.717, 1.165) is 0 Å². The molecule has 0 aromatic carbocycles. The number of aromatic nitrogens is 2. The van der Waals surface area contributed by atoms with Crippen LogP contribution in [-0.4, -0.2) is 92.8 Å². The summed E-state index contributed by atoms with van der Waals surface area (Å²) in [4.78, 5) is 73.8. The van der Waals surface area contributed by atoms with E-state index in [1.54, 1.807) is 0 Å². The molecule has 1 fully saturated rings. The van der Waals surface area contributed by atoms with Gasteiger partial charge in [-0.3, -0.25) is 24.2 Å². The van der Waals surface area contributed by atoms with Gasteiger partial charge in [0, 0.05) is 31.4 Å². The van der Waals surface area contributed by atoms with Crippen LogP contribution < -0.4 is 33.6 Å². The van der Waals surface area contributed by atoms with Gasteiger partial charge in [0.05, 0.1) is 18.8 Å². The summed E-state index contributed by atoms with van der Waals surface area (Å²) in [7, 11) is 0. The maximum absolute atomic E-state index is 13.2. The lowest BCUT2D eigenvalue weighted by Gasteiger charge is -2.28. The number of likely N-dealkylation sites (tertiary alicyclic amines) is 1. The van der Waals surface area contributed by atoms with E-state index >= 15 is 0 Å². The van der Waals surface area contributed by atoms with Crippen LogP contribution in [-0.2, 0) is 30.4 Å². The monoisotopic (exact) mass is 522 g/mol. The first-order valence-electron chi connectivity index (χ1n) is 11.7. The zero-order chi connectivity index (χ0) is 27.5. The molecule has 204 valence electrons. The number of nitrogens with two attached hydrogens (primary N) is 4. The summed E-state index contributed by atoms with van der Waals surface area (Å²) < 4.78 is 0. The normalized spacial score (nSPS) is 17.3. The first-order chi connectivity index (χ1) is 17.5. The number of guanidine groups is 1. The second-order valence-electron chi connectivity index (χ2n) is 8.66. The smallest absolute Gasteiger partial charge is 0.326 e. The average molecular weight is 523 g/mol. The number of nitrogens with one attached hydrogen (secondary N) is 3. The Kier molecular flexibility index (Phi) is 10.8. The van der Waals surface area contributed by atoms with Crippen LogP contribution in [0.15, 0.2) is 17.5 Å². The fraction of sp³-hybridized carbons (Fsp3) is 0.571. The van der Waals surface area contributed by atoms with Crippen molar-refractivity contribution in [2.45, 2.75) is 62.7 Å². The number of aromatic amines is 1. The number of carboxylic acids is 1. The SMILES string of the molecule is NC(=O)CC(NC(=O)C(N)Cc1cnc[nH]1)C(=O)NC(CCCN=C(N)N)C(=O)N1CCCC1C(=O)O. The molecule has 1 aliphatic heterocycles. The van der Waals surface area contributed by atoms with E-state index in [0.29, 0.717) is 12.1 Å². The highest BCUT2D eigenvalue weighted by Crippen LogP contribution is 2.19. The molecule has 4 unspecified atom stereocenters. The van der Waals surface area contributed by atoms with Crippen molar-refractivity contribution in [3.05, 3.63) is 18.2 Å². The fourth-order valence-electron chi connectivity index (χ4n) is 3.94. The standard InChI is InChI=1S/C21H34N10O6/c22-12(7-11-9-26-10-28-11)17(33)30-14(8-16(23)32)18(34)29-13(3-1-5-27-21(24)25)19(35)31-6-2-4-15(31)20(36)37/h9-10,12-15H,1-8,22H2,(H2,23,32)(H,26,28)(H,29,34)(H,30,33)(H,36,37)(H4,24,25,27). The van der Waals surface area contributed by atoms with Crippen molar-refractivity contribution in [2.75, 3.05) is 13.1 Å². The van der Waals surface area contributed by atoms with Gasteiger partial charge in [-0.1, -0.05) is 0 Å². The van der Waals surface area contributed by atoms with Crippen molar-refractivity contribution < 1.29 is 29.1 Å². The molecule has 1 aliphatic rings. The van der Waals surface area contributed by atoms with Crippen molar-refractivity contribution >= 4 is 35.6 Å². The number of carbonyl (C=O) groups is 5. The van der Waals surface area contributed by atoms with Gasteiger partial charge in [-0.15, -0.1) is 0 Å². The van der Waals surface area contributed by atoms with Crippen LogP contribution in [0.3, 0.4) is 0 Å². The number of carboxylic acid groups (broad SMARTS) is 1. The van der Waals surface area contributed by atoms with Crippen molar-refractivity contribution in [3.63, 3.8) is 0 Å². The Morgan fingerprint density at radius 3 is 2.46 bits per heavy atom. The molecule has 1 aromatic rings. The first kappa shape index (κ1) is 29.0. The second kappa shape index (κ2) is 13.8. The fourth-order valence-corrected chi connectivity index (χ4v) is 3.94. The largest absolute Gasteiger partial charge is 0.480 e. The number of hydrogen-bond acceptors (Lipinski definition) is 8. The number of H-pyrrole nitrogens is 1. The second-order valence-corrected chi connectivity index (χ2v) is 8.66. The van der Waals surface area contributed by atoms with Gasteiger partial charge in [-0.2, -0.15) is 0 Å². The molecule has 4 amide bonds. The minimum Gasteiger partial charge on any atom is -0.480 e. The van der Waals surface area contributed by atoms with Gasteiger partial charge in [-0.05, 0) is 25.7 Å². The van der Waals surface area contributed by atoms with Crippen molar-refractivity contribution in [2.24, 2.45) is 27.9 Å². The van der Waals surface area contributed by atoms with E-state index in [4.69, 9.17) is 22.9 Å². The van der Waals surface area contributed by atoms with Crippen LogP contribution in [0.25, 0.3) is 0 Å². The van der Waals surface area contributed by atoms with Crippen LogP contribution >= 0.6 is 0 Å². The zero-order valence-corrected chi connectivity index (χ0v) is 20.3. The highest BCUT2D eigenvalue weighted by molar-refractivity contribution is 5.96. The average Bonchev–Trinajstić information content (AvgIpc) is 3.51. The molecular weight excluding hydrogens is 488 g/mol. The summed E-state index contributed by atoms with van der Waals surface area (Å²) in [6, 6.07) is -4.67. The molecule has 16 nitrogen and oxygen atoms in total. The number of nitrogens with zero attached hydrogens (tertiary/aromatic N) is 3. The van der Waals surface area contributed by atoms with E-state index < -0.39 is 60.2 Å². The summed E-state index contributed by atoms with van der Waals surface area (Å²) in [6.45, 7) is 0.369. The third-order valence-electron chi connectivity index (χ3n) is 5.75. The molecule has 0 bridgehead atoms. The molecular formula is C21H34N10O6. The van der Waals surface area contributed by atoms with Crippen molar-refractivity contribution in [3.8, 4) is 0 Å². The summed E-state index contributed by atoms with van der Waals surface area (Å²) in [5.74, 6) is -4.36. The molecule has 1 aromatic heterocycles. The van der Waals surface area contributed by atoms with Gasteiger partial charge in [0.25, 0.3) is 0 Å². The summed E-state index contributed by atoms with van der Waals surface area (Å²) in [6.07, 6.45) is 3.57. The molecule has 16 heteroatoms.